The normalized spacial score (nSPS) is 22.9. The molecule has 1 heterocycles. The van der Waals surface area contributed by atoms with Gasteiger partial charge >= 0.3 is 5.97 Å². The van der Waals surface area contributed by atoms with Crippen LogP contribution in [0.2, 0.25) is 0 Å². The van der Waals surface area contributed by atoms with Gasteiger partial charge in [-0.05, 0) is 43.7 Å². The largest absolute Gasteiger partial charge is 0.478 e. The molecule has 4 heteroatoms. The molecular weight excluding hydrogens is 270 g/mol. The first-order chi connectivity index (χ1) is 9.59. The maximum atomic E-state index is 11.2. The Bertz CT molecular complexity index is 464. The molecule has 1 N–H and O–H groups in total. The number of hydrogen-bond donors (Lipinski definition) is 1. The van der Waals surface area contributed by atoms with E-state index in [0.717, 1.165) is 18.5 Å². The van der Waals surface area contributed by atoms with Gasteiger partial charge in [-0.2, -0.15) is 11.8 Å². The molecule has 2 unspecified atom stereocenters. The number of thioether (sulfide) groups is 1. The van der Waals surface area contributed by atoms with Gasteiger partial charge in [0, 0.05) is 17.8 Å². The van der Waals surface area contributed by atoms with Crippen LogP contribution in [0.1, 0.15) is 35.7 Å². The van der Waals surface area contributed by atoms with Gasteiger partial charge in [-0.15, -0.1) is 0 Å². The summed E-state index contributed by atoms with van der Waals surface area (Å²) in [4.78, 5) is 13.6. The molecule has 2 rings (SSSR count). The van der Waals surface area contributed by atoms with E-state index < -0.39 is 5.97 Å². The van der Waals surface area contributed by atoms with Crippen molar-refractivity contribution in [3.63, 3.8) is 0 Å². The summed E-state index contributed by atoms with van der Waals surface area (Å²) in [7, 11) is 2.16. The van der Waals surface area contributed by atoms with Crippen LogP contribution in [0.15, 0.2) is 24.3 Å². The zero-order valence-electron chi connectivity index (χ0n) is 12.2. The van der Waals surface area contributed by atoms with Crippen LogP contribution in [0, 0.1) is 0 Å². The topological polar surface area (TPSA) is 40.5 Å². The standard InChI is InChI=1S/C16H23NO2S/c1-12-15(8-5-11-20-12)17(2)10-9-13-6-3-4-7-14(13)16(18)19/h3-4,6-7,12,15H,5,8-11H2,1-2H3,(H,18,19). The summed E-state index contributed by atoms with van der Waals surface area (Å²) in [6.07, 6.45) is 3.34. The molecule has 0 aromatic heterocycles. The number of benzene rings is 1. The molecule has 3 nitrogen and oxygen atoms in total. The van der Waals surface area contributed by atoms with Gasteiger partial charge in [-0.25, -0.2) is 4.79 Å². The molecule has 1 aliphatic heterocycles. The summed E-state index contributed by atoms with van der Waals surface area (Å²) < 4.78 is 0. The van der Waals surface area contributed by atoms with Gasteiger partial charge in [-0.1, -0.05) is 25.1 Å². The van der Waals surface area contributed by atoms with Crippen LogP contribution in [0.4, 0.5) is 0 Å². The van der Waals surface area contributed by atoms with E-state index in [1.165, 1.54) is 18.6 Å². The third-order valence-corrected chi connectivity index (χ3v) is 5.48. The molecular formula is C16H23NO2S. The third kappa shape index (κ3) is 3.76. The highest BCUT2D eigenvalue weighted by Crippen LogP contribution is 2.28. The maximum Gasteiger partial charge on any atom is 0.335 e. The van der Waals surface area contributed by atoms with Crippen molar-refractivity contribution in [2.24, 2.45) is 0 Å². The fourth-order valence-electron chi connectivity index (χ4n) is 2.90. The van der Waals surface area contributed by atoms with E-state index in [2.05, 4.69) is 18.9 Å². The number of carboxylic acids is 1. The molecule has 0 aliphatic carbocycles. The Kier molecular flexibility index (Phi) is 5.49. The monoisotopic (exact) mass is 293 g/mol. The molecule has 1 fully saturated rings. The van der Waals surface area contributed by atoms with Gasteiger partial charge < -0.3 is 10.0 Å². The SMILES string of the molecule is CC1SCCCC1N(C)CCc1ccccc1C(=O)O. The Hall–Kier alpha value is -1.00. The van der Waals surface area contributed by atoms with Crippen molar-refractivity contribution in [1.82, 2.24) is 4.90 Å². The van der Waals surface area contributed by atoms with Crippen LogP contribution in [0.25, 0.3) is 0 Å². The molecule has 1 saturated heterocycles. The zero-order chi connectivity index (χ0) is 14.5. The first-order valence-electron chi connectivity index (χ1n) is 7.22. The number of rotatable bonds is 5. The molecule has 2 atom stereocenters. The lowest BCUT2D eigenvalue weighted by molar-refractivity contribution is 0.0695. The minimum Gasteiger partial charge on any atom is -0.478 e. The van der Waals surface area contributed by atoms with Crippen LogP contribution in [-0.2, 0) is 6.42 Å². The van der Waals surface area contributed by atoms with E-state index in [-0.39, 0.29) is 0 Å². The van der Waals surface area contributed by atoms with E-state index in [1.54, 1.807) is 12.1 Å². The summed E-state index contributed by atoms with van der Waals surface area (Å²) in [6, 6.07) is 7.94. The van der Waals surface area contributed by atoms with Crippen molar-refractivity contribution in [3.8, 4) is 0 Å². The highest BCUT2D eigenvalue weighted by molar-refractivity contribution is 7.99. The van der Waals surface area contributed by atoms with Crippen LogP contribution in [0.3, 0.4) is 0 Å². The Morgan fingerprint density at radius 2 is 2.20 bits per heavy atom. The summed E-state index contributed by atoms with van der Waals surface area (Å²) in [5.41, 5.74) is 1.37. The van der Waals surface area contributed by atoms with E-state index in [4.69, 9.17) is 0 Å². The fraction of sp³-hybridized carbons (Fsp3) is 0.562. The molecule has 0 saturated carbocycles. The quantitative estimate of drug-likeness (QED) is 0.905. The first kappa shape index (κ1) is 15.4. The van der Waals surface area contributed by atoms with Crippen molar-refractivity contribution in [1.29, 1.82) is 0 Å². The Morgan fingerprint density at radius 1 is 1.45 bits per heavy atom. The minimum atomic E-state index is -0.829. The molecule has 0 amide bonds. The molecule has 1 aromatic rings. The number of nitrogens with zero attached hydrogens (tertiary/aromatic N) is 1. The zero-order valence-corrected chi connectivity index (χ0v) is 13.0. The minimum absolute atomic E-state index is 0.437. The number of hydrogen-bond acceptors (Lipinski definition) is 3. The van der Waals surface area contributed by atoms with Gasteiger partial charge in [-0.3, -0.25) is 0 Å². The molecule has 20 heavy (non-hydrogen) atoms. The number of likely N-dealkylation sites (N-methyl/N-ethyl adjacent to an activating group) is 1. The summed E-state index contributed by atoms with van der Waals surface area (Å²) in [6.45, 7) is 3.22. The Labute approximate surface area is 125 Å². The van der Waals surface area contributed by atoms with Crippen LogP contribution >= 0.6 is 11.8 Å². The third-order valence-electron chi connectivity index (χ3n) is 4.11. The van der Waals surface area contributed by atoms with Crippen molar-refractivity contribution in [2.45, 2.75) is 37.5 Å². The van der Waals surface area contributed by atoms with Crippen LogP contribution < -0.4 is 0 Å². The second-order valence-electron chi connectivity index (χ2n) is 5.48. The van der Waals surface area contributed by atoms with Gasteiger partial charge in [0.1, 0.15) is 0 Å². The number of carboxylic acid groups (broad SMARTS) is 1. The van der Waals surface area contributed by atoms with Crippen molar-refractivity contribution >= 4 is 17.7 Å². The highest BCUT2D eigenvalue weighted by Gasteiger charge is 2.25. The van der Waals surface area contributed by atoms with E-state index in [0.29, 0.717) is 16.9 Å². The fourth-order valence-corrected chi connectivity index (χ4v) is 4.17. The molecule has 110 valence electrons. The van der Waals surface area contributed by atoms with Crippen LogP contribution in [0.5, 0.6) is 0 Å². The summed E-state index contributed by atoms with van der Waals surface area (Å²) in [5, 5.41) is 9.87. The predicted octanol–water partition coefficient (Wildman–Crippen LogP) is 3.14. The average Bonchev–Trinajstić information content (AvgIpc) is 2.45. The molecule has 0 bridgehead atoms. The van der Waals surface area contributed by atoms with Gasteiger partial charge in [0.15, 0.2) is 0 Å². The van der Waals surface area contributed by atoms with Gasteiger partial charge in [0.2, 0.25) is 0 Å². The van der Waals surface area contributed by atoms with Gasteiger partial charge in [0.25, 0.3) is 0 Å². The second-order valence-corrected chi connectivity index (χ2v) is 6.96. The highest BCUT2D eigenvalue weighted by atomic mass is 32.2. The first-order valence-corrected chi connectivity index (χ1v) is 8.27. The molecule has 0 spiro atoms. The molecule has 1 aromatic carbocycles. The molecule has 1 aliphatic rings. The van der Waals surface area contributed by atoms with Gasteiger partial charge in [0.05, 0.1) is 5.56 Å². The van der Waals surface area contributed by atoms with E-state index in [1.807, 2.05) is 23.9 Å². The molecule has 0 radical (unpaired) electrons. The van der Waals surface area contributed by atoms with E-state index in [9.17, 15) is 9.90 Å². The van der Waals surface area contributed by atoms with Crippen LogP contribution in [-0.4, -0.2) is 46.6 Å². The summed E-state index contributed by atoms with van der Waals surface area (Å²) in [5.74, 6) is 0.442. The Balaban J connectivity index is 1.96. The van der Waals surface area contributed by atoms with Crippen molar-refractivity contribution < 1.29 is 9.90 Å². The smallest absolute Gasteiger partial charge is 0.335 e. The lowest BCUT2D eigenvalue weighted by atomic mass is 10.0. The lowest BCUT2D eigenvalue weighted by Gasteiger charge is -2.36. The predicted molar refractivity (Wildman–Crippen MR) is 84.7 cm³/mol. The number of carbonyl (C=O) groups is 1. The summed E-state index contributed by atoms with van der Waals surface area (Å²) >= 11 is 2.05. The van der Waals surface area contributed by atoms with E-state index >= 15 is 0 Å². The average molecular weight is 293 g/mol. The Morgan fingerprint density at radius 3 is 2.90 bits per heavy atom. The van der Waals surface area contributed by atoms with Crippen molar-refractivity contribution in [3.05, 3.63) is 35.4 Å². The number of aromatic carboxylic acids is 1. The maximum absolute atomic E-state index is 11.2. The lowest BCUT2D eigenvalue weighted by Crippen LogP contribution is -2.41. The second kappa shape index (κ2) is 7.14. The van der Waals surface area contributed by atoms with Crippen molar-refractivity contribution in [2.75, 3.05) is 19.3 Å².